The molecule has 2 unspecified atom stereocenters. The van der Waals surface area contributed by atoms with Crippen molar-refractivity contribution in [3.8, 4) is 0 Å². The van der Waals surface area contributed by atoms with Crippen molar-refractivity contribution in [1.82, 2.24) is 9.96 Å². The molecule has 0 aromatic heterocycles. The van der Waals surface area contributed by atoms with E-state index in [4.69, 9.17) is 9.57 Å². The summed E-state index contributed by atoms with van der Waals surface area (Å²) in [6.45, 7) is 6.48. The van der Waals surface area contributed by atoms with Crippen LogP contribution in [0.15, 0.2) is 24.3 Å². The van der Waals surface area contributed by atoms with Gasteiger partial charge in [-0.15, -0.1) is 6.58 Å². The Morgan fingerprint density at radius 2 is 2.47 bits per heavy atom. The number of aliphatic hydroxyl groups excluding tert-OH is 1. The van der Waals surface area contributed by atoms with E-state index in [9.17, 15) is 5.11 Å². The fourth-order valence-electron chi connectivity index (χ4n) is 2.41. The molecule has 1 fully saturated rings. The Morgan fingerprint density at radius 1 is 1.65 bits per heavy atom. The summed E-state index contributed by atoms with van der Waals surface area (Å²) in [5, 5.41) is 11.3. The van der Waals surface area contributed by atoms with Gasteiger partial charge in [0.2, 0.25) is 0 Å². The normalized spacial score (nSPS) is 32.6. The van der Waals surface area contributed by atoms with Gasteiger partial charge < -0.3 is 9.84 Å². The molecule has 0 aromatic carbocycles. The Bertz CT molecular complexity index is 306. The Morgan fingerprint density at radius 3 is 3.12 bits per heavy atom. The van der Waals surface area contributed by atoms with Crippen LogP contribution in [-0.4, -0.2) is 67.3 Å². The maximum atomic E-state index is 9.36. The molecule has 3 atom stereocenters. The lowest BCUT2D eigenvalue weighted by molar-refractivity contribution is -0.157. The molecule has 96 valence electrons. The van der Waals surface area contributed by atoms with E-state index in [0.717, 1.165) is 6.54 Å². The van der Waals surface area contributed by atoms with Gasteiger partial charge in [-0.25, -0.2) is 0 Å². The standard InChI is InChI=1S/C12H20N2O3/c1-3-4-17-14-9-13-6-12(14)10(8-16-2)5-11(13)7-15/h3,5,11-12,15H,1,4,6-9H2,2H3/t11-,12?/m0/s1. The number of nitrogens with zero attached hydrogens (tertiary/aromatic N) is 2. The molecular formula is C12H20N2O3. The average Bonchev–Trinajstić information content (AvgIpc) is 2.70. The average molecular weight is 240 g/mol. The topological polar surface area (TPSA) is 45.2 Å². The van der Waals surface area contributed by atoms with Gasteiger partial charge in [-0.05, 0) is 5.57 Å². The van der Waals surface area contributed by atoms with Crippen molar-refractivity contribution < 1.29 is 14.7 Å². The van der Waals surface area contributed by atoms with Gasteiger partial charge in [-0.1, -0.05) is 12.2 Å². The fourth-order valence-corrected chi connectivity index (χ4v) is 2.41. The largest absolute Gasteiger partial charge is 0.394 e. The lowest BCUT2D eigenvalue weighted by atomic mass is 10.0. The highest BCUT2D eigenvalue weighted by Gasteiger charge is 2.40. The van der Waals surface area contributed by atoms with Gasteiger partial charge in [0, 0.05) is 13.7 Å². The molecule has 0 aliphatic carbocycles. The minimum atomic E-state index is 0.0775. The second kappa shape index (κ2) is 5.75. The van der Waals surface area contributed by atoms with E-state index in [1.54, 1.807) is 13.2 Å². The van der Waals surface area contributed by atoms with Crippen LogP contribution in [-0.2, 0) is 9.57 Å². The van der Waals surface area contributed by atoms with Crippen molar-refractivity contribution in [3.05, 3.63) is 24.3 Å². The van der Waals surface area contributed by atoms with Crippen molar-refractivity contribution in [2.75, 3.05) is 40.1 Å². The number of aliphatic hydroxyl groups is 1. The first-order valence-corrected chi connectivity index (χ1v) is 5.85. The first kappa shape index (κ1) is 12.7. The van der Waals surface area contributed by atoms with Gasteiger partial charge in [0.1, 0.15) is 0 Å². The van der Waals surface area contributed by atoms with E-state index in [1.807, 2.05) is 5.06 Å². The number of hydrogen-bond acceptors (Lipinski definition) is 5. The smallest absolute Gasteiger partial charge is 0.0864 e. The summed E-state index contributed by atoms with van der Waals surface area (Å²) in [5.74, 6) is 0. The summed E-state index contributed by atoms with van der Waals surface area (Å²) >= 11 is 0. The van der Waals surface area contributed by atoms with Gasteiger partial charge in [-0.2, -0.15) is 5.06 Å². The fraction of sp³-hybridized carbons (Fsp3) is 0.667. The third-order valence-corrected chi connectivity index (χ3v) is 3.24. The van der Waals surface area contributed by atoms with E-state index in [2.05, 4.69) is 17.6 Å². The van der Waals surface area contributed by atoms with Crippen LogP contribution in [0.3, 0.4) is 0 Å². The second-order valence-corrected chi connectivity index (χ2v) is 4.35. The molecule has 5 nitrogen and oxygen atoms in total. The Balaban J connectivity index is 2.08. The molecule has 0 aromatic rings. The van der Waals surface area contributed by atoms with Crippen LogP contribution >= 0.6 is 0 Å². The van der Waals surface area contributed by atoms with Crippen LogP contribution in [0.1, 0.15) is 0 Å². The number of fused-ring (bicyclic) bond motifs is 2. The number of methoxy groups -OCH3 is 1. The van der Waals surface area contributed by atoms with Crippen molar-refractivity contribution in [1.29, 1.82) is 0 Å². The molecule has 0 saturated carbocycles. The molecule has 2 aliphatic rings. The van der Waals surface area contributed by atoms with Gasteiger partial charge in [0.15, 0.2) is 0 Å². The number of ether oxygens (including phenoxy) is 1. The molecule has 2 rings (SSSR count). The molecule has 1 N–H and O–H groups in total. The summed E-state index contributed by atoms with van der Waals surface area (Å²) in [7, 11) is 1.69. The maximum absolute atomic E-state index is 9.36. The van der Waals surface area contributed by atoms with Crippen molar-refractivity contribution in [2.45, 2.75) is 12.1 Å². The molecule has 17 heavy (non-hydrogen) atoms. The highest BCUT2D eigenvalue weighted by molar-refractivity contribution is 5.22. The Labute approximate surface area is 102 Å². The minimum absolute atomic E-state index is 0.0775. The molecule has 5 heteroatoms. The predicted octanol–water partition coefficient (Wildman–Crippen LogP) is -0.00500. The number of rotatable bonds is 6. The first-order chi connectivity index (χ1) is 8.30. The summed E-state index contributed by atoms with van der Waals surface area (Å²) in [6, 6.07) is 0.312. The van der Waals surface area contributed by atoms with Crippen LogP contribution < -0.4 is 0 Å². The zero-order valence-electron chi connectivity index (χ0n) is 10.2. The zero-order valence-corrected chi connectivity index (χ0v) is 10.2. The lowest BCUT2D eigenvalue weighted by Gasteiger charge is -2.28. The van der Waals surface area contributed by atoms with Crippen molar-refractivity contribution in [3.63, 3.8) is 0 Å². The zero-order chi connectivity index (χ0) is 12.3. The quantitative estimate of drug-likeness (QED) is 0.662. The minimum Gasteiger partial charge on any atom is -0.394 e. The molecule has 1 saturated heterocycles. The molecule has 0 spiro atoms. The van der Waals surface area contributed by atoms with Crippen LogP contribution in [0.5, 0.6) is 0 Å². The SMILES string of the molecule is C=CCON1CN2CC1C(COC)=C[C@H]2CO. The summed E-state index contributed by atoms with van der Waals surface area (Å²) in [6.07, 6.45) is 3.83. The third kappa shape index (κ3) is 2.59. The molecule has 2 bridgehead atoms. The van der Waals surface area contributed by atoms with Crippen LogP contribution in [0.25, 0.3) is 0 Å². The van der Waals surface area contributed by atoms with E-state index < -0.39 is 0 Å². The van der Waals surface area contributed by atoms with Crippen LogP contribution in [0, 0.1) is 0 Å². The maximum Gasteiger partial charge on any atom is 0.0864 e. The van der Waals surface area contributed by atoms with Gasteiger partial charge >= 0.3 is 0 Å². The van der Waals surface area contributed by atoms with E-state index >= 15 is 0 Å². The summed E-state index contributed by atoms with van der Waals surface area (Å²) in [4.78, 5) is 7.83. The van der Waals surface area contributed by atoms with Gasteiger partial charge in [0.25, 0.3) is 0 Å². The van der Waals surface area contributed by atoms with Crippen LogP contribution in [0.4, 0.5) is 0 Å². The molecule has 0 radical (unpaired) electrons. The van der Waals surface area contributed by atoms with E-state index in [0.29, 0.717) is 19.9 Å². The summed E-state index contributed by atoms with van der Waals surface area (Å²) in [5.41, 5.74) is 1.18. The van der Waals surface area contributed by atoms with Crippen molar-refractivity contribution in [2.24, 2.45) is 0 Å². The summed E-state index contributed by atoms with van der Waals surface area (Å²) < 4.78 is 5.21. The molecule has 2 heterocycles. The molecular weight excluding hydrogens is 220 g/mol. The van der Waals surface area contributed by atoms with Gasteiger partial charge in [0.05, 0.1) is 38.6 Å². The highest BCUT2D eigenvalue weighted by Crippen LogP contribution is 2.28. The highest BCUT2D eigenvalue weighted by atomic mass is 16.7. The predicted molar refractivity (Wildman–Crippen MR) is 64.2 cm³/mol. The van der Waals surface area contributed by atoms with E-state index in [1.165, 1.54) is 5.57 Å². The van der Waals surface area contributed by atoms with E-state index in [-0.39, 0.29) is 18.7 Å². The number of hydroxylamine groups is 2. The third-order valence-electron chi connectivity index (χ3n) is 3.24. The van der Waals surface area contributed by atoms with Gasteiger partial charge in [-0.3, -0.25) is 9.74 Å². The Hall–Kier alpha value is -0.720. The second-order valence-electron chi connectivity index (χ2n) is 4.35. The lowest BCUT2D eigenvalue weighted by Crippen LogP contribution is -2.40. The first-order valence-electron chi connectivity index (χ1n) is 5.85. The molecule has 0 amide bonds. The number of hydrogen-bond donors (Lipinski definition) is 1. The Kier molecular flexibility index (Phi) is 4.31. The van der Waals surface area contributed by atoms with Crippen LogP contribution in [0.2, 0.25) is 0 Å². The monoisotopic (exact) mass is 240 g/mol. The molecule has 2 aliphatic heterocycles. The van der Waals surface area contributed by atoms with Crippen molar-refractivity contribution >= 4 is 0 Å².